The average Bonchev–Trinajstić information content (AvgIpc) is 3.00. The van der Waals surface area contributed by atoms with Crippen molar-refractivity contribution in [1.29, 1.82) is 0 Å². The number of pyridine rings is 1. The lowest BCUT2D eigenvalue weighted by Crippen LogP contribution is -2.30. The summed E-state index contributed by atoms with van der Waals surface area (Å²) >= 11 is 0. The van der Waals surface area contributed by atoms with Gasteiger partial charge in [0.25, 0.3) is 0 Å². The van der Waals surface area contributed by atoms with E-state index in [2.05, 4.69) is 15.6 Å². The maximum Gasteiger partial charge on any atom is 0.319 e. The Hall–Kier alpha value is -2.57. The van der Waals surface area contributed by atoms with E-state index in [9.17, 15) is 9.59 Å². The number of fused-ring (bicyclic) bond motifs is 1. The number of nitrogens with one attached hydrogen (secondary N) is 2. The zero-order valence-corrected chi connectivity index (χ0v) is 13.4. The molecule has 7 heteroatoms. The van der Waals surface area contributed by atoms with E-state index in [1.165, 1.54) is 0 Å². The Morgan fingerprint density at radius 1 is 1.48 bits per heavy atom. The molecule has 0 spiro atoms. The Balaban J connectivity index is 1.47. The minimum absolute atomic E-state index is 0.183. The number of carbonyl (C=O) groups excluding carboxylic acids is 2. The maximum atomic E-state index is 11.9. The van der Waals surface area contributed by atoms with E-state index in [-0.39, 0.29) is 11.9 Å². The number of nitrogens with zero attached hydrogens (tertiary/aromatic N) is 3. The van der Waals surface area contributed by atoms with Crippen molar-refractivity contribution in [2.45, 2.75) is 19.8 Å². The molecule has 1 unspecified atom stereocenters. The Labute approximate surface area is 134 Å². The molecule has 1 atom stereocenters. The maximum absolute atomic E-state index is 11.9. The summed E-state index contributed by atoms with van der Waals surface area (Å²) in [6.07, 6.45) is 5.18. The molecule has 2 aromatic heterocycles. The van der Waals surface area contributed by atoms with Crippen LogP contribution in [0.2, 0.25) is 0 Å². The van der Waals surface area contributed by atoms with Crippen molar-refractivity contribution < 1.29 is 9.59 Å². The van der Waals surface area contributed by atoms with E-state index < -0.39 is 0 Å². The molecule has 1 fully saturated rings. The fourth-order valence-electron chi connectivity index (χ4n) is 2.90. The Bertz CT molecular complexity index is 739. The van der Waals surface area contributed by atoms with E-state index in [0.29, 0.717) is 24.6 Å². The molecule has 1 aliphatic heterocycles. The van der Waals surface area contributed by atoms with Gasteiger partial charge in [-0.3, -0.25) is 4.79 Å². The average molecular weight is 315 g/mol. The Morgan fingerprint density at radius 3 is 3.04 bits per heavy atom. The lowest BCUT2D eigenvalue weighted by Gasteiger charge is -2.11. The monoisotopic (exact) mass is 315 g/mol. The van der Waals surface area contributed by atoms with Crippen molar-refractivity contribution >= 4 is 23.3 Å². The first-order chi connectivity index (χ1) is 11.0. The summed E-state index contributed by atoms with van der Waals surface area (Å²) in [7, 11) is 1.82. The van der Waals surface area contributed by atoms with Gasteiger partial charge in [0.05, 0.1) is 5.69 Å². The van der Waals surface area contributed by atoms with E-state index in [1.54, 1.807) is 4.90 Å². The first-order valence-corrected chi connectivity index (χ1v) is 7.75. The number of aryl methyl sites for hydroxylation is 1. The fourth-order valence-corrected chi connectivity index (χ4v) is 2.90. The van der Waals surface area contributed by atoms with Crippen molar-refractivity contribution in [3.05, 3.63) is 30.2 Å². The molecular weight excluding hydrogens is 294 g/mol. The number of imidazole rings is 1. The third kappa shape index (κ3) is 3.61. The summed E-state index contributed by atoms with van der Waals surface area (Å²) in [6, 6.07) is 3.42. The van der Waals surface area contributed by atoms with Gasteiger partial charge in [0, 0.05) is 50.7 Å². The van der Waals surface area contributed by atoms with E-state index >= 15 is 0 Å². The lowest BCUT2D eigenvalue weighted by atomic mass is 10.1. The van der Waals surface area contributed by atoms with Gasteiger partial charge < -0.3 is 19.9 Å². The van der Waals surface area contributed by atoms with Crippen molar-refractivity contribution in [3.63, 3.8) is 0 Å². The SMILES string of the molecule is Cc1cn2ccc(NC(=O)NCCC3CC(=O)N(C)C3)cc2n1. The molecule has 1 saturated heterocycles. The van der Waals surface area contributed by atoms with Crippen molar-refractivity contribution in [2.24, 2.45) is 5.92 Å². The fraction of sp³-hybridized carbons (Fsp3) is 0.438. The number of amides is 3. The molecule has 0 aliphatic carbocycles. The van der Waals surface area contributed by atoms with E-state index in [1.807, 2.05) is 42.9 Å². The van der Waals surface area contributed by atoms with Crippen molar-refractivity contribution in [3.8, 4) is 0 Å². The highest BCUT2D eigenvalue weighted by atomic mass is 16.2. The van der Waals surface area contributed by atoms with Crippen LogP contribution in [0.4, 0.5) is 10.5 Å². The molecule has 0 bridgehead atoms. The third-order valence-electron chi connectivity index (χ3n) is 4.10. The molecule has 1 aliphatic rings. The summed E-state index contributed by atoms with van der Waals surface area (Å²) in [5, 5.41) is 5.64. The minimum Gasteiger partial charge on any atom is -0.345 e. The number of likely N-dealkylation sites (tertiary alicyclic amines) is 1. The second kappa shape index (κ2) is 6.28. The molecule has 3 rings (SSSR count). The summed E-state index contributed by atoms with van der Waals surface area (Å²) < 4.78 is 1.91. The lowest BCUT2D eigenvalue weighted by molar-refractivity contribution is -0.126. The largest absolute Gasteiger partial charge is 0.345 e. The molecule has 23 heavy (non-hydrogen) atoms. The predicted octanol–water partition coefficient (Wildman–Crippen LogP) is 1.63. The highest BCUT2D eigenvalue weighted by Crippen LogP contribution is 2.18. The highest BCUT2D eigenvalue weighted by molar-refractivity contribution is 5.89. The van der Waals surface area contributed by atoms with Gasteiger partial charge in [0.2, 0.25) is 5.91 Å². The topological polar surface area (TPSA) is 78.7 Å². The standard InChI is InChI=1S/C16H21N5O2/c1-11-9-21-6-4-13(8-14(21)18-11)19-16(23)17-5-3-12-7-15(22)20(2)10-12/h4,6,8-9,12H,3,5,7,10H2,1-2H3,(H2,17,19,23). The van der Waals surface area contributed by atoms with Gasteiger partial charge in [0.1, 0.15) is 5.65 Å². The van der Waals surface area contributed by atoms with Gasteiger partial charge >= 0.3 is 6.03 Å². The first kappa shape index (κ1) is 15.3. The van der Waals surface area contributed by atoms with Crippen molar-refractivity contribution in [1.82, 2.24) is 19.6 Å². The molecule has 7 nitrogen and oxygen atoms in total. The molecule has 0 saturated carbocycles. The van der Waals surface area contributed by atoms with E-state index in [4.69, 9.17) is 0 Å². The van der Waals surface area contributed by atoms with Crippen LogP contribution in [0.3, 0.4) is 0 Å². The van der Waals surface area contributed by atoms with Crippen LogP contribution in [0.5, 0.6) is 0 Å². The first-order valence-electron chi connectivity index (χ1n) is 7.75. The van der Waals surface area contributed by atoms with Gasteiger partial charge in [-0.1, -0.05) is 0 Å². The number of aromatic nitrogens is 2. The quantitative estimate of drug-likeness (QED) is 0.900. The second-order valence-corrected chi connectivity index (χ2v) is 6.08. The van der Waals surface area contributed by atoms with Gasteiger partial charge in [-0.15, -0.1) is 0 Å². The van der Waals surface area contributed by atoms with Crippen LogP contribution in [0.1, 0.15) is 18.5 Å². The van der Waals surface area contributed by atoms with Gasteiger partial charge in [-0.2, -0.15) is 0 Å². The molecule has 3 amide bonds. The van der Waals surface area contributed by atoms with Gasteiger partial charge in [0.15, 0.2) is 0 Å². The Morgan fingerprint density at radius 2 is 2.30 bits per heavy atom. The van der Waals surface area contributed by atoms with Crippen LogP contribution < -0.4 is 10.6 Å². The molecule has 0 radical (unpaired) electrons. The van der Waals surface area contributed by atoms with Crippen LogP contribution in [0.25, 0.3) is 5.65 Å². The van der Waals surface area contributed by atoms with Gasteiger partial charge in [-0.05, 0) is 25.3 Å². The summed E-state index contributed by atoms with van der Waals surface area (Å²) in [6.45, 7) is 3.26. The zero-order valence-electron chi connectivity index (χ0n) is 13.4. The molecule has 2 aromatic rings. The molecular formula is C16H21N5O2. The minimum atomic E-state index is -0.240. The molecule has 2 N–H and O–H groups in total. The van der Waals surface area contributed by atoms with Gasteiger partial charge in [-0.25, -0.2) is 9.78 Å². The summed E-state index contributed by atoms with van der Waals surface area (Å²) in [5.74, 6) is 0.514. The number of hydrogen-bond donors (Lipinski definition) is 2. The van der Waals surface area contributed by atoms with Crippen LogP contribution in [-0.2, 0) is 4.79 Å². The normalized spacial score (nSPS) is 17.7. The third-order valence-corrected chi connectivity index (χ3v) is 4.10. The summed E-state index contributed by atoms with van der Waals surface area (Å²) in [5.41, 5.74) is 2.44. The van der Waals surface area contributed by atoms with Crippen LogP contribution >= 0.6 is 0 Å². The number of hydrogen-bond acceptors (Lipinski definition) is 3. The number of rotatable bonds is 4. The smallest absolute Gasteiger partial charge is 0.319 e. The summed E-state index contributed by atoms with van der Waals surface area (Å²) in [4.78, 5) is 29.5. The number of anilines is 1. The second-order valence-electron chi connectivity index (χ2n) is 6.08. The predicted molar refractivity (Wildman–Crippen MR) is 87.3 cm³/mol. The van der Waals surface area contributed by atoms with E-state index in [0.717, 1.165) is 24.3 Å². The van der Waals surface area contributed by atoms with Crippen LogP contribution in [-0.4, -0.2) is 46.4 Å². The molecule has 3 heterocycles. The zero-order chi connectivity index (χ0) is 16.4. The number of carbonyl (C=O) groups is 2. The molecule has 0 aromatic carbocycles. The van der Waals surface area contributed by atoms with Crippen molar-refractivity contribution in [2.75, 3.05) is 25.5 Å². The Kier molecular flexibility index (Phi) is 4.18. The van der Waals surface area contributed by atoms with Crippen LogP contribution in [0, 0.1) is 12.8 Å². The number of urea groups is 1. The van der Waals surface area contributed by atoms with Crippen LogP contribution in [0.15, 0.2) is 24.5 Å². The highest BCUT2D eigenvalue weighted by Gasteiger charge is 2.26. The molecule has 122 valence electrons.